The molecular formula is C13H18OS. The van der Waals surface area contributed by atoms with Crippen LogP contribution in [0.2, 0.25) is 0 Å². The summed E-state index contributed by atoms with van der Waals surface area (Å²) in [6.45, 7) is 0. The number of aliphatic hydroxyl groups is 1. The molecule has 0 amide bonds. The molecule has 0 saturated carbocycles. The predicted octanol–water partition coefficient (Wildman–Crippen LogP) is 2.44. The summed E-state index contributed by atoms with van der Waals surface area (Å²) in [6, 6.07) is 6.70. The van der Waals surface area contributed by atoms with E-state index in [-0.39, 0.29) is 6.10 Å². The van der Waals surface area contributed by atoms with Gasteiger partial charge in [-0.05, 0) is 48.6 Å². The summed E-state index contributed by atoms with van der Waals surface area (Å²) in [7, 11) is 0. The van der Waals surface area contributed by atoms with Crippen LogP contribution < -0.4 is 0 Å². The largest absolute Gasteiger partial charge is 0.392 e. The molecule has 1 aliphatic carbocycles. The first kappa shape index (κ1) is 11.0. The van der Waals surface area contributed by atoms with Crippen LogP contribution >= 0.6 is 11.8 Å². The van der Waals surface area contributed by atoms with E-state index in [1.54, 1.807) is 11.8 Å². The second-order valence-corrected chi connectivity index (χ2v) is 5.18. The first-order valence-electron chi connectivity index (χ1n) is 5.57. The van der Waals surface area contributed by atoms with E-state index in [9.17, 15) is 5.11 Å². The van der Waals surface area contributed by atoms with Gasteiger partial charge >= 0.3 is 0 Å². The average molecular weight is 222 g/mol. The maximum Gasteiger partial charge on any atom is 0.0670 e. The maximum atomic E-state index is 9.73. The number of hydrogen-bond donors (Lipinski definition) is 1. The third-order valence-electron chi connectivity index (χ3n) is 2.99. The summed E-state index contributed by atoms with van der Waals surface area (Å²) in [4.78, 5) is 0. The lowest BCUT2D eigenvalue weighted by atomic mass is 10.0. The SMILES string of the molecule is CSCC(O)Cc1ccc2c(c1)CCC2. The highest BCUT2D eigenvalue weighted by atomic mass is 32.2. The zero-order valence-corrected chi connectivity index (χ0v) is 10.0. The molecule has 0 saturated heterocycles. The van der Waals surface area contributed by atoms with Crippen molar-refractivity contribution in [2.75, 3.05) is 12.0 Å². The molecule has 1 aliphatic rings. The van der Waals surface area contributed by atoms with Gasteiger partial charge < -0.3 is 5.11 Å². The third kappa shape index (κ3) is 2.76. The Balaban J connectivity index is 2.03. The number of fused-ring (bicyclic) bond motifs is 1. The van der Waals surface area contributed by atoms with E-state index >= 15 is 0 Å². The van der Waals surface area contributed by atoms with Gasteiger partial charge in [0.1, 0.15) is 0 Å². The third-order valence-corrected chi connectivity index (χ3v) is 3.71. The van der Waals surface area contributed by atoms with Gasteiger partial charge in [-0.3, -0.25) is 0 Å². The fraction of sp³-hybridized carbons (Fsp3) is 0.538. The number of thioether (sulfide) groups is 1. The van der Waals surface area contributed by atoms with Crippen LogP contribution in [-0.4, -0.2) is 23.2 Å². The van der Waals surface area contributed by atoms with E-state index in [4.69, 9.17) is 0 Å². The van der Waals surface area contributed by atoms with Crippen molar-refractivity contribution in [1.29, 1.82) is 0 Å². The summed E-state index contributed by atoms with van der Waals surface area (Å²) < 4.78 is 0. The van der Waals surface area contributed by atoms with E-state index in [2.05, 4.69) is 18.2 Å². The molecule has 0 aromatic heterocycles. The highest BCUT2D eigenvalue weighted by Crippen LogP contribution is 2.23. The molecule has 0 fully saturated rings. The molecule has 0 spiro atoms. The van der Waals surface area contributed by atoms with Crippen LogP contribution in [0.1, 0.15) is 23.1 Å². The molecule has 15 heavy (non-hydrogen) atoms. The first-order valence-corrected chi connectivity index (χ1v) is 6.96. The van der Waals surface area contributed by atoms with Crippen LogP contribution in [0.25, 0.3) is 0 Å². The van der Waals surface area contributed by atoms with Gasteiger partial charge in [0, 0.05) is 5.75 Å². The Hall–Kier alpha value is -0.470. The molecule has 0 bridgehead atoms. The van der Waals surface area contributed by atoms with Crippen LogP contribution in [0.15, 0.2) is 18.2 Å². The van der Waals surface area contributed by atoms with Crippen LogP contribution in [0.4, 0.5) is 0 Å². The van der Waals surface area contributed by atoms with Gasteiger partial charge in [-0.2, -0.15) is 11.8 Å². The molecular weight excluding hydrogens is 204 g/mol. The van der Waals surface area contributed by atoms with E-state index in [0.29, 0.717) is 0 Å². The minimum absolute atomic E-state index is 0.195. The Morgan fingerprint density at radius 3 is 2.93 bits per heavy atom. The van der Waals surface area contributed by atoms with Crippen molar-refractivity contribution >= 4 is 11.8 Å². The molecule has 82 valence electrons. The average Bonchev–Trinajstić information content (AvgIpc) is 2.65. The van der Waals surface area contributed by atoms with Gasteiger partial charge in [0.2, 0.25) is 0 Å². The van der Waals surface area contributed by atoms with Crippen molar-refractivity contribution in [2.24, 2.45) is 0 Å². The van der Waals surface area contributed by atoms with Crippen LogP contribution in [0, 0.1) is 0 Å². The monoisotopic (exact) mass is 222 g/mol. The summed E-state index contributed by atoms with van der Waals surface area (Å²) in [6.07, 6.45) is 6.40. The molecule has 2 heteroatoms. The molecule has 1 aromatic rings. The molecule has 2 rings (SSSR count). The fourth-order valence-electron chi connectivity index (χ4n) is 2.28. The van der Waals surface area contributed by atoms with Crippen molar-refractivity contribution in [3.05, 3.63) is 34.9 Å². The highest BCUT2D eigenvalue weighted by Gasteiger charge is 2.12. The topological polar surface area (TPSA) is 20.2 Å². The fourth-order valence-corrected chi connectivity index (χ4v) is 2.78. The molecule has 1 nitrogen and oxygen atoms in total. The lowest BCUT2D eigenvalue weighted by Gasteiger charge is -2.10. The molecule has 0 aliphatic heterocycles. The Morgan fingerprint density at radius 2 is 2.13 bits per heavy atom. The number of rotatable bonds is 4. The van der Waals surface area contributed by atoms with E-state index < -0.39 is 0 Å². The van der Waals surface area contributed by atoms with Crippen molar-refractivity contribution in [3.8, 4) is 0 Å². The highest BCUT2D eigenvalue weighted by molar-refractivity contribution is 7.98. The summed E-state index contributed by atoms with van der Waals surface area (Å²) in [5, 5.41) is 9.73. The standard InChI is InChI=1S/C13H18OS/c1-15-9-13(14)8-10-5-6-11-3-2-4-12(11)7-10/h5-7,13-14H,2-4,8-9H2,1H3. The number of hydrogen-bond acceptors (Lipinski definition) is 2. The Labute approximate surface area is 95.9 Å². The van der Waals surface area contributed by atoms with Gasteiger partial charge in [0.05, 0.1) is 6.10 Å². The maximum absolute atomic E-state index is 9.73. The molecule has 0 heterocycles. The number of aryl methyl sites for hydroxylation is 2. The van der Waals surface area contributed by atoms with Crippen LogP contribution in [0.5, 0.6) is 0 Å². The smallest absolute Gasteiger partial charge is 0.0670 e. The Bertz CT molecular complexity index is 335. The Morgan fingerprint density at radius 1 is 1.33 bits per heavy atom. The molecule has 1 unspecified atom stereocenters. The minimum atomic E-state index is -0.195. The van der Waals surface area contributed by atoms with Gasteiger partial charge in [-0.1, -0.05) is 18.2 Å². The number of benzene rings is 1. The minimum Gasteiger partial charge on any atom is -0.392 e. The number of aliphatic hydroxyl groups excluding tert-OH is 1. The first-order chi connectivity index (χ1) is 7.29. The molecule has 1 atom stereocenters. The van der Waals surface area contributed by atoms with E-state index in [1.807, 2.05) is 6.26 Å². The van der Waals surface area contributed by atoms with Crippen molar-refractivity contribution in [2.45, 2.75) is 31.8 Å². The molecule has 1 N–H and O–H groups in total. The van der Waals surface area contributed by atoms with Gasteiger partial charge in [0.25, 0.3) is 0 Å². The Kier molecular flexibility index (Phi) is 3.71. The zero-order chi connectivity index (χ0) is 10.7. The quantitative estimate of drug-likeness (QED) is 0.844. The predicted molar refractivity (Wildman–Crippen MR) is 66.6 cm³/mol. The lowest BCUT2D eigenvalue weighted by Crippen LogP contribution is -2.13. The van der Waals surface area contributed by atoms with E-state index in [1.165, 1.54) is 36.0 Å². The summed E-state index contributed by atoms with van der Waals surface area (Å²) in [5.41, 5.74) is 4.30. The van der Waals surface area contributed by atoms with Crippen molar-refractivity contribution in [1.82, 2.24) is 0 Å². The van der Waals surface area contributed by atoms with Crippen LogP contribution in [-0.2, 0) is 19.3 Å². The summed E-state index contributed by atoms with van der Waals surface area (Å²) >= 11 is 1.70. The van der Waals surface area contributed by atoms with Gasteiger partial charge in [0.15, 0.2) is 0 Å². The lowest BCUT2D eigenvalue weighted by molar-refractivity contribution is 0.200. The van der Waals surface area contributed by atoms with Gasteiger partial charge in [-0.25, -0.2) is 0 Å². The van der Waals surface area contributed by atoms with E-state index in [0.717, 1.165) is 12.2 Å². The van der Waals surface area contributed by atoms with Crippen LogP contribution in [0.3, 0.4) is 0 Å². The normalized spacial score (nSPS) is 16.4. The second-order valence-electron chi connectivity index (χ2n) is 4.27. The summed E-state index contributed by atoms with van der Waals surface area (Å²) in [5.74, 6) is 0.830. The van der Waals surface area contributed by atoms with Crippen molar-refractivity contribution in [3.63, 3.8) is 0 Å². The zero-order valence-electron chi connectivity index (χ0n) is 9.20. The molecule has 0 radical (unpaired) electrons. The second kappa shape index (κ2) is 5.04. The van der Waals surface area contributed by atoms with Crippen molar-refractivity contribution < 1.29 is 5.11 Å². The molecule has 1 aromatic carbocycles. The van der Waals surface area contributed by atoms with Gasteiger partial charge in [-0.15, -0.1) is 0 Å².